The third kappa shape index (κ3) is 14.3. The average molecular weight is 668 g/mol. The number of phenols is 1. The van der Waals surface area contributed by atoms with E-state index in [9.17, 15) is 19.1 Å². The fourth-order valence-corrected chi connectivity index (χ4v) is 5.62. The second kappa shape index (κ2) is 21.2. The van der Waals surface area contributed by atoms with Crippen molar-refractivity contribution in [2.24, 2.45) is 0 Å². The van der Waals surface area contributed by atoms with E-state index in [0.29, 0.717) is 22.9 Å². The zero-order valence-corrected chi connectivity index (χ0v) is 28.6. The van der Waals surface area contributed by atoms with Crippen molar-refractivity contribution in [1.29, 1.82) is 0 Å². The Morgan fingerprint density at radius 2 is 1.40 bits per heavy atom. The molecule has 0 saturated carbocycles. The molecule has 0 aliphatic rings. The van der Waals surface area contributed by atoms with Gasteiger partial charge in [0.05, 0.1) is 11.4 Å². The molecule has 0 fully saturated rings. The maximum Gasteiger partial charge on any atom is 0.323 e. The summed E-state index contributed by atoms with van der Waals surface area (Å²) < 4.78 is 20.9. The number of nitrogens with one attached hydrogen (secondary N) is 3. The van der Waals surface area contributed by atoms with Gasteiger partial charge < -0.3 is 25.8 Å². The summed E-state index contributed by atoms with van der Waals surface area (Å²) in [5.74, 6) is -1.22. The van der Waals surface area contributed by atoms with Crippen molar-refractivity contribution < 1.29 is 23.8 Å². The van der Waals surface area contributed by atoms with Crippen LogP contribution in [0.4, 0.5) is 26.2 Å². The molecule has 4 N–H and O–H groups in total. The van der Waals surface area contributed by atoms with Crippen LogP contribution in [0.15, 0.2) is 60.7 Å². The van der Waals surface area contributed by atoms with E-state index < -0.39 is 29.6 Å². The fraction of sp³-hybridized carbons (Fsp3) is 0.474. The molecule has 0 spiro atoms. The minimum Gasteiger partial charge on any atom is -0.506 e. The Balaban J connectivity index is 1.41. The number of benzene rings is 3. The standard InChI is InChI=1S/C38H51ClFN3O4/c1-3-5-6-7-8-9-10-11-12-13-14-15-16-19-28-20-17-23-31(24-28)47-36(4-2)37(45)42-33-27-35(44)34(26-32(33)40)43-38(46)41-30-22-18-21-29(39)25-30/h17-18,20-27,36,44H,3-16,19H2,1-2H3,(H,42,45)(H2,41,43,46). The van der Waals surface area contributed by atoms with Gasteiger partial charge in [-0.3, -0.25) is 4.79 Å². The molecule has 1 atom stereocenters. The van der Waals surface area contributed by atoms with Crippen LogP contribution in [-0.4, -0.2) is 23.1 Å². The first-order valence-corrected chi connectivity index (χ1v) is 17.6. The van der Waals surface area contributed by atoms with Gasteiger partial charge in [0.15, 0.2) is 6.10 Å². The number of halogens is 2. The third-order valence-electron chi connectivity index (χ3n) is 8.08. The summed E-state index contributed by atoms with van der Waals surface area (Å²) in [4.78, 5) is 25.4. The van der Waals surface area contributed by atoms with Crippen molar-refractivity contribution in [3.05, 3.63) is 77.1 Å². The smallest absolute Gasteiger partial charge is 0.323 e. The first kappa shape index (κ1) is 37.7. The van der Waals surface area contributed by atoms with E-state index in [1.54, 1.807) is 31.2 Å². The van der Waals surface area contributed by atoms with E-state index in [1.165, 1.54) is 77.0 Å². The van der Waals surface area contributed by atoms with Crippen molar-refractivity contribution in [3.8, 4) is 11.5 Å². The van der Waals surface area contributed by atoms with Crippen LogP contribution in [0, 0.1) is 5.82 Å². The predicted molar refractivity (Wildman–Crippen MR) is 191 cm³/mol. The minimum atomic E-state index is -0.871. The highest BCUT2D eigenvalue weighted by atomic mass is 35.5. The number of phenolic OH excluding ortho intramolecular Hbond substituents is 1. The Hall–Kier alpha value is -3.78. The molecule has 0 heterocycles. The zero-order valence-electron chi connectivity index (χ0n) is 27.9. The fourth-order valence-electron chi connectivity index (χ4n) is 5.43. The van der Waals surface area contributed by atoms with Crippen LogP contribution < -0.4 is 20.7 Å². The summed E-state index contributed by atoms with van der Waals surface area (Å²) in [6.45, 7) is 4.07. The molecule has 0 aromatic heterocycles. The molecule has 0 bridgehead atoms. The van der Waals surface area contributed by atoms with E-state index in [4.69, 9.17) is 16.3 Å². The van der Waals surface area contributed by atoms with Gasteiger partial charge in [-0.1, -0.05) is 121 Å². The van der Waals surface area contributed by atoms with Crippen LogP contribution in [0.3, 0.4) is 0 Å². The summed E-state index contributed by atoms with van der Waals surface area (Å²) in [6.07, 6.45) is 17.5. The van der Waals surface area contributed by atoms with E-state index in [2.05, 4.69) is 28.9 Å². The van der Waals surface area contributed by atoms with E-state index >= 15 is 0 Å². The van der Waals surface area contributed by atoms with Crippen LogP contribution in [0.25, 0.3) is 0 Å². The number of unbranched alkanes of at least 4 members (excludes halogenated alkanes) is 12. The molecule has 7 nitrogen and oxygen atoms in total. The van der Waals surface area contributed by atoms with Crippen molar-refractivity contribution in [3.63, 3.8) is 0 Å². The first-order valence-electron chi connectivity index (χ1n) is 17.2. The number of anilines is 3. The Morgan fingerprint density at radius 3 is 2.04 bits per heavy atom. The summed E-state index contributed by atoms with van der Waals surface area (Å²) in [5.41, 5.74) is 1.18. The quantitative estimate of drug-likeness (QED) is 0.0671. The van der Waals surface area contributed by atoms with E-state index in [1.807, 2.05) is 18.2 Å². The van der Waals surface area contributed by atoms with Crippen molar-refractivity contribution >= 4 is 40.6 Å². The summed E-state index contributed by atoms with van der Waals surface area (Å²) in [5, 5.41) is 18.3. The summed E-state index contributed by atoms with van der Waals surface area (Å²) in [7, 11) is 0. The molecule has 0 aliphatic heterocycles. The Bertz CT molecular complexity index is 1400. The molecule has 3 aromatic rings. The average Bonchev–Trinajstić information content (AvgIpc) is 3.04. The molecule has 1 unspecified atom stereocenters. The maximum absolute atomic E-state index is 14.9. The zero-order chi connectivity index (χ0) is 33.9. The SMILES string of the molecule is CCCCCCCCCCCCCCCc1cccc(OC(CC)C(=O)Nc2cc(O)c(NC(=O)Nc3cccc(Cl)c3)cc2F)c1. The van der Waals surface area contributed by atoms with Crippen LogP contribution >= 0.6 is 11.6 Å². The second-order valence-corrected chi connectivity index (χ2v) is 12.5. The van der Waals surface area contributed by atoms with E-state index in [-0.39, 0.29) is 11.4 Å². The van der Waals surface area contributed by atoms with Gasteiger partial charge in [-0.2, -0.15) is 0 Å². The van der Waals surface area contributed by atoms with Crippen LogP contribution in [-0.2, 0) is 11.2 Å². The van der Waals surface area contributed by atoms with Crippen LogP contribution in [0.5, 0.6) is 11.5 Å². The molecule has 256 valence electrons. The van der Waals surface area contributed by atoms with Gasteiger partial charge in [-0.25, -0.2) is 9.18 Å². The number of hydrogen-bond acceptors (Lipinski definition) is 4. The van der Waals surface area contributed by atoms with Gasteiger partial charge >= 0.3 is 6.03 Å². The van der Waals surface area contributed by atoms with Gasteiger partial charge in [0, 0.05) is 22.8 Å². The molecule has 47 heavy (non-hydrogen) atoms. The highest BCUT2D eigenvalue weighted by molar-refractivity contribution is 6.30. The number of amides is 3. The minimum absolute atomic E-state index is 0.163. The molecule has 9 heteroatoms. The highest BCUT2D eigenvalue weighted by Gasteiger charge is 2.21. The first-order chi connectivity index (χ1) is 22.8. The van der Waals surface area contributed by atoms with Gasteiger partial charge in [0.2, 0.25) is 0 Å². The van der Waals surface area contributed by atoms with Crippen LogP contribution in [0.2, 0.25) is 5.02 Å². The number of hydrogen-bond donors (Lipinski definition) is 4. The topological polar surface area (TPSA) is 99.7 Å². The molecule has 3 amide bonds. The molecule has 0 saturated heterocycles. The molecular formula is C38H51ClFN3O4. The number of carbonyl (C=O) groups excluding carboxylic acids is 2. The Kier molecular flexibility index (Phi) is 17.0. The monoisotopic (exact) mass is 667 g/mol. The predicted octanol–water partition coefficient (Wildman–Crippen LogP) is 11.3. The third-order valence-corrected chi connectivity index (χ3v) is 8.32. The van der Waals surface area contributed by atoms with Crippen LogP contribution in [0.1, 0.15) is 109 Å². The Morgan fingerprint density at radius 1 is 0.766 bits per heavy atom. The lowest BCUT2D eigenvalue weighted by molar-refractivity contribution is -0.122. The maximum atomic E-state index is 14.9. The molecule has 3 rings (SSSR count). The van der Waals surface area contributed by atoms with E-state index in [0.717, 1.165) is 30.5 Å². The largest absolute Gasteiger partial charge is 0.506 e. The number of urea groups is 1. The van der Waals surface area contributed by atoms with Crippen molar-refractivity contribution in [2.45, 2.75) is 116 Å². The normalized spacial score (nSPS) is 11.6. The number of carbonyl (C=O) groups is 2. The number of aryl methyl sites for hydroxylation is 1. The number of aromatic hydroxyl groups is 1. The summed E-state index contributed by atoms with van der Waals surface area (Å²) >= 11 is 5.93. The molecule has 0 aliphatic carbocycles. The molecule has 0 radical (unpaired) electrons. The van der Waals surface area contributed by atoms with Gasteiger partial charge in [-0.15, -0.1) is 0 Å². The van der Waals surface area contributed by atoms with Gasteiger partial charge in [0.25, 0.3) is 5.91 Å². The van der Waals surface area contributed by atoms with Crippen molar-refractivity contribution in [1.82, 2.24) is 0 Å². The Labute approximate surface area is 284 Å². The van der Waals surface area contributed by atoms with Crippen molar-refractivity contribution in [2.75, 3.05) is 16.0 Å². The lowest BCUT2D eigenvalue weighted by Gasteiger charge is -2.18. The van der Waals surface area contributed by atoms with Gasteiger partial charge in [-0.05, 0) is 55.2 Å². The summed E-state index contributed by atoms with van der Waals surface area (Å²) in [6, 6.07) is 15.5. The van der Waals surface area contributed by atoms with Gasteiger partial charge in [0.1, 0.15) is 17.3 Å². The second-order valence-electron chi connectivity index (χ2n) is 12.1. The lowest BCUT2D eigenvalue weighted by atomic mass is 10.0. The highest BCUT2D eigenvalue weighted by Crippen LogP contribution is 2.30. The lowest BCUT2D eigenvalue weighted by Crippen LogP contribution is -2.32. The molecule has 3 aromatic carbocycles. The number of rotatable bonds is 21. The number of ether oxygens (including phenoxy) is 1. The molecular weight excluding hydrogens is 617 g/mol.